The number of ether oxygens (including phenoxy) is 1. The van der Waals surface area contributed by atoms with Crippen molar-refractivity contribution in [3.63, 3.8) is 0 Å². The van der Waals surface area contributed by atoms with Gasteiger partial charge in [-0.05, 0) is 6.42 Å². The van der Waals surface area contributed by atoms with Crippen molar-refractivity contribution in [1.82, 2.24) is 9.97 Å². The van der Waals surface area contributed by atoms with E-state index in [9.17, 15) is 0 Å². The summed E-state index contributed by atoms with van der Waals surface area (Å²) in [5.74, 6) is 1.44. The Balaban J connectivity index is 1.87. The number of anilines is 1. The fraction of sp³-hybridized carbons (Fsp3) is 0.692. The smallest absolute Gasteiger partial charge is 0.149 e. The topological polar surface area (TPSA) is 38.2 Å². The molecule has 3 rings (SSSR count). The summed E-state index contributed by atoms with van der Waals surface area (Å²) >= 11 is 5.91. The van der Waals surface area contributed by atoms with Gasteiger partial charge in [-0.15, -0.1) is 0 Å². The number of halogens is 1. The molecule has 0 bridgehead atoms. The van der Waals surface area contributed by atoms with Gasteiger partial charge in [0.15, 0.2) is 0 Å². The van der Waals surface area contributed by atoms with Crippen LogP contribution in [0.2, 0.25) is 5.15 Å². The molecule has 0 unspecified atom stereocenters. The number of rotatable bonds is 2. The van der Waals surface area contributed by atoms with Crippen LogP contribution in [0.3, 0.4) is 0 Å². The first-order valence-electron chi connectivity index (χ1n) is 6.34. The normalized spacial score (nSPS) is 32.8. The summed E-state index contributed by atoms with van der Waals surface area (Å²) in [7, 11) is 2.07. The first kappa shape index (κ1) is 12.2. The van der Waals surface area contributed by atoms with Gasteiger partial charge in [0.25, 0.3) is 0 Å². The van der Waals surface area contributed by atoms with Crippen LogP contribution in [0, 0.1) is 11.3 Å². The van der Waals surface area contributed by atoms with E-state index in [2.05, 4.69) is 35.8 Å². The summed E-state index contributed by atoms with van der Waals surface area (Å²) < 4.78 is 5.82. The third-order valence-corrected chi connectivity index (χ3v) is 4.59. The van der Waals surface area contributed by atoms with Gasteiger partial charge in [-0.2, -0.15) is 0 Å². The molecule has 0 aromatic carbocycles. The molecule has 1 aromatic heterocycles. The fourth-order valence-corrected chi connectivity index (χ4v) is 3.87. The lowest BCUT2D eigenvalue weighted by molar-refractivity contribution is -0.101. The van der Waals surface area contributed by atoms with E-state index in [1.54, 1.807) is 12.4 Å². The van der Waals surface area contributed by atoms with Gasteiger partial charge in [0.05, 0.1) is 18.5 Å². The molecule has 2 fully saturated rings. The first-order chi connectivity index (χ1) is 8.51. The van der Waals surface area contributed by atoms with Crippen LogP contribution in [0.25, 0.3) is 0 Å². The Hall–Kier alpha value is -0.870. The van der Waals surface area contributed by atoms with Crippen molar-refractivity contribution in [3.05, 3.63) is 17.5 Å². The van der Waals surface area contributed by atoms with E-state index in [-0.39, 0.29) is 5.41 Å². The zero-order chi connectivity index (χ0) is 12.9. The monoisotopic (exact) mass is 267 g/mol. The number of nitrogens with zero attached hydrogens (tertiary/aromatic N) is 3. The Kier molecular flexibility index (Phi) is 2.75. The third kappa shape index (κ3) is 1.62. The predicted octanol–water partition coefficient (Wildman–Crippen LogP) is 2.38. The largest absolute Gasteiger partial charge is 0.377 e. The van der Waals surface area contributed by atoms with Gasteiger partial charge >= 0.3 is 0 Å². The summed E-state index contributed by atoms with van der Waals surface area (Å²) in [6, 6.07) is 0.442. The molecule has 1 saturated carbocycles. The van der Waals surface area contributed by atoms with Crippen molar-refractivity contribution in [2.75, 3.05) is 18.6 Å². The van der Waals surface area contributed by atoms with Gasteiger partial charge in [0.1, 0.15) is 11.0 Å². The zero-order valence-corrected chi connectivity index (χ0v) is 11.7. The van der Waals surface area contributed by atoms with Crippen LogP contribution in [0.5, 0.6) is 0 Å². The van der Waals surface area contributed by atoms with Crippen molar-refractivity contribution in [2.45, 2.75) is 32.4 Å². The highest BCUT2D eigenvalue weighted by molar-refractivity contribution is 6.29. The summed E-state index contributed by atoms with van der Waals surface area (Å²) in [5.41, 5.74) is 0.153. The Labute approximate surface area is 112 Å². The van der Waals surface area contributed by atoms with Crippen LogP contribution in [0.15, 0.2) is 12.4 Å². The third-order valence-electron chi connectivity index (χ3n) is 4.41. The fourth-order valence-electron chi connectivity index (χ4n) is 3.73. The van der Waals surface area contributed by atoms with Gasteiger partial charge < -0.3 is 9.64 Å². The van der Waals surface area contributed by atoms with Crippen LogP contribution < -0.4 is 4.90 Å². The second kappa shape index (κ2) is 4.07. The maximum Gasteiger partial charge on any atom is 0.149 e. The summed E-state index contributed by atoms with van der Waals surface area (Å²) in [4.78, 5) is 10.7. The average molecular weight is 268 g/mol. The Morgan fingerprint density at radius 2 is 2.22 bits per heavy atom. The quantitative estimate of drug-likeness (QED) is 0.825. The Bertz CT molecular complexity index is 465. The Morgan fingerprint density at radius 3 is 2.94 bits per heavy atom. The lowest BCUT2D eigenvalue weighted by atomic mass is 9.57. The lowest BCUT2D eigenvalue weighted by Crippen LogP contribution is -2.66. The van der Waals surface area contributed by atoms with E-state index >= 15 is 0 Å². The minimum absolute atomic E-state index is 0.153. The van der Waals surface area contributed by atoms with Crippen molar-refractivity contribution in [2.24, 2.45) is 11.3 Å². The van der Waals surface area contributed by atoms with Crippen molar-refractivity contribution < 1.29 is 4.74 Å². The molecule has 0 N–H and O–H groups in total. The molecule has 1 aromatic rings. The molecule has 0 spiro atoms. The molecule has 18 heavy (non-hydrogen) atoms. The van der Waals surface area contributed by atoms with Gasteiger partial charge in [0, 0.05) is 31.0 Å². The van der Waals surface area contributed by atoms with Crippen molar-refractivity contribution in [1.29, 1.82) is 0 Å². The van der Waals surface area contributed by atoms with Gasteiger partial charge in [-0.25, -0.2) is 4.98 Å². The molecule has 4 nitrogen and oxygen atoms in total. The van der Waals surface area contributed by atoms with E-state index in [4.69, 9.17) is 16.3 Å². The highest BCUT2D eigenvalue weighted by Crippen LogP contribution is 2.54. The number of fused-ring (bicyclic) bond motifs is 1. The molecule has 3 atom stereocenters. The second-order valence-corrected chi connectivity index (χ2v) is 6.21. The number of aromatic nitrogens is 2. The molecule has 98 valence electrons. The number of hydrogen-bond acceptors (Lipinski definition) is 4. The van der Waals surface area contributed by atoms with Gasteiger partial charge in [-0.1, -0.05) is 25.4 Å². The van der Waals surface area contributed by atoms with E-state index in [0.717, 1.165) is 18.8 Å². The summed E-state index contributed by atoms with van der Waals surface area (Å²) in [5, 5.41) is 0.440. The minimum atomic E-state index is 0.153. The van der Waals surface area contributed by atoms with E-state index in [0.29, 0.717) is 23.2 Å². The highest BCUT2D eigenvalue weighted by atomic mass is 35.5. The molecule has 1 saturated heterocycles. The number of hydrogen-bond donors (Lipinski definition) is 0. The second-order valence-electron chi connectivity index (χ2n) is 5.82. The highest BCUT2D eigenvalue weighted by Gasteiger charge is 2.61. The Morgan fingerprint density at radius 1 is 1.44 bits per heavy atom. The van der Waals surface area contributed by atoms with E-state index in [1.165, 1.54) is 0 Å². The first-order valence-corrected chi connectivity index (χ1v) is 6.71. The molecule has 1 aliphatic carbocycles. The standard InChI is InChI=1S/C13H18ClN3O/c1-13(2)11(8-4-5-18-12(8)13)17(3)10-7-15-6-9(14)16-10/h6-8,11-12H,4-5H2,1-3H3/t8-,11-,12+/m1/s1. The molecular weight excluding hydrogens is 250 g/mol. The van der Waals surface area contributed by atoms with Crippen LogP contribution in [-0.4, -0.2) is 35.8 Å². The SMILES string of the molecule is CN(c1cncc(Cl)n1)[C@@H]1[C@H]2CCO[C@@H]2C1(C)C. The van der Waals surface area contributed by atoms with Crippen molar-refractivity contribution >= 4 is 17.4 Å². The van der Waals surface area contributed by atoms with Crippen molar-refractivity contribution in [3.8, 4) is 0 Å². The van der Waals surface area contributed by atoms with E-state index in [1.807, 2.05) is 0 Å². The molecule has 2 aliphatic rings. The molecular formula is C13H18ClN3O. The molecule has 2 heterocycles. The zero-order valence-electron chi connectivity index (χ0n) is 10.9. The van der Waals surface area contributed by atoms with Crippen LogP contribution >= 0.6 is 11.6 Å². The molecule has 0 amide bonds. The minimum Gasteiger partial charge on any atom is -0.377 e. The summed E-state index contributed by atoms with van der Waals surface area (Å²) in [6.45, 7) is 5.40. The molecule has 1 aliphatic heterocycles. The predicted molar refractivity (Wildman–Crippen MR) is 70.9 cm³/mol. The average Bonchev–Trinajstić information content (AvgIpc) is 2.75. The molecule has 0 radical (unpaired) electrons. The van der Waals surface area contributed by atoms with Crippen LogP contribution in [-0.2, 0) is 4.74 Å². The summed E-state index contributed by atoms with van der Waals surface area (Å²) in [6.07, 6.45) is 4.85. The van der Waals surface area contributed by atoms with Crippen LogP contribution in [0.1, 0.15) is 20.3 Å². The molecule has 5 heteroatoms. The van der Waals surface area contributed by atoms with Gasteiger partial charge in [0.2, 0.25) is 0 Å². The van der Waals surface area contributed by atoms with E-state index < -0.39 is 0 Å². The van der Waals surface area contributed by atoms with Crippen LogP contribution in [0.4, 0.5) is 5.82 Å². The van der Waals surface area contributed by atoms with Gasteiger partial charge in [-0.3, -0.25) is 4.98 Å². The lowest BCUT2D eigenvalue weighted by Gasteiger charge is -2.58. The maximum atomic E-state index is 5.91. The maximum absolute atomic E-state index is 5.91.